The summed E-state index contributed by atoms with van der Waals surface area (Å²) in [7, 11) is 1.28. The second-order valence-corrected chi connectivity index (χ2v) is 2.75. The molecule has 1 aromatic rings. The highest BCUT2D eigenvalue weighted by Crippen LogP contribution is 2.21. The molecule has 5 heteroatoms. The van der Waals surface area contributed by atoms with Gasteiger partial charge in [0.1, 0.15) is 23.6 Å². The molecule has 0 saturated carbocycles. The van der Waals surface area contributed by atoms with Crippen LogP contribution in [0.3, 0.4) is 0 Å². The van der Waals surface area contributed by atoms with Gasteiger partial charge in [0.2, 0.25) is 0 Å². The fourth-order valence-corrected chi connectivity index (χ4v) is 1.11. The fraction of sp³-hybridized carbons (Fsp3) is 0.333. The molecule has 1 atom stereocenters. The average Bonchev–Trinajstić information content (AvgIpc) is 2.01. The van der Waals surface area contributed by atoms with E-state index in [2.05, 4.69) is 4.74 Å². The first-order valence-corrected chi connectivity index (χ1v) is 3.87. The average molecular weight is 206 g/mol. The molecule has 0 radical (unpaired) electrons. The van der Waals surface area contributed by atoms with Gasteiger partial charge >= 0.3 is 0 Å². The van der Waals surface area contributed by atoms with Crippen molar-refractivity contribution in [2.75, 3.05) is 13.7 Å². The molecule has 1 unspecified atom stereocenters. The van der Waals surface area contributed by atoms with E-state index in [1.54, 1.807) is 0 Å². The summed E-state index contributed by atoms with van der Waals surface area (Å²) in [5.74, 6) is -3.26. The molecule has 14 heavy (non-hydrogen) atoms. The van der Waals surface area contributed by atoms with E-state index in [0.29, 0.717) is 12.1 Å². The van der Waals surface area contributed by atoms with E-state index < -0.39 is 29.1 Å². The summed E-state index contributed by atoms with van der Waals surface area (Å²) in [5, 5.41) is 9.25. The van der Waals surface area contributed by atoms with Crippen LogP contribution in [0.15, 0.2) is 12.1 Å². The second-order valence-electron chi connectivity index (χ2n) is 2.75. The zero-order valence-electron chi connectivity index (χ0n) is 7.43. The van der Waals surface area contributed by atoms with Crippen LogP contribution in [0.5, 0.6) is 0 Å². The Morgan fingerprint density at radius 3 is 2.21 bits per heavy atom. The Bertz CT molecular complexity index is 305. The molecule has 0 saturated heterocycles. The van der Waals surface area contributed by atoms with Gasteiger partial charge < -0.3 is 9.84 Å². The summed E-state index contributed by atoms with van der Waals surface area (Å²) in [4.78, 5) is 0. The molecule has 0 aliphatic heterocycles. The lowest BCUT2D eigenvalue weighted by atomic mass is 10.1. The third kappa shape index (κ3) is 2.24. The molecule has 78 valence electrons. The van der Waals surface area contributed by atoms with Crippen LogP contribution < -0.4 is 0 Å². The molecule has 0 spiro atoms. The fourth-order valence-electron chi connectivity index (χ4n) is 1.11. The van der Waals surface area contributed by atoms with Gasteiger partial charge in [-0.25, -0.2) is 13.2 Å². The second kappa shape index (κ2) is 4.43. The van der Waals surface area contributed by atoms with E-state index in [1.807, 2.05) is 0 Å². The maximum absolute atomic E-state index is 13.0. The van der Waals surface area contributed by atoms with Crippen molar-refractivity contribution in [3.05, 3.63) is 35.1 Å². The number of halogens is 3. The number of hydrogen-bond donors (Lipinski definition) is 1. The summed E-state index contributed by atoms with van der Waals surface area (Å²) >= 11 is 0. The topological polar surface area (TPSA) is 29.5 Å². The van der Waals surface area contributed by atoms with Crippen molar-refractivity contribution in [3.8, 4) is 0 Å². The van der Waals surface area contributed by atoms with Gasteiger partial charge in [0, 0.05) is 19.2 Å². The van der Waals surface area contributed by atoms with Gasteiger partial charge in [-0.2, -0.15) is 0 Å². The molecule has 0 amide bonds. The summed E-state index contributed by atoms with van der Waals surface area (Å²) in [6, 6.07) is 1.02. The lowest BCUT2D eigenvalue weighted by molar-refractivity contribution is 0.0595. The Hall–Kier alpha value is -1.07. The van der Waals surface area contributed by atoms with Gasteiger partial charge in [0.25, 0.3) is 0 Å². The van der Waals surface area contributed by atoms with E-state index in [-0.39, 0.29) is 6.61 Å². The van der Waals surface area contributed by atoms with Crippen LogP contribution >= 0.6 is 0 Å². The van der Waals surface area contributed by atoms with Crippen LogP contribution in [-0.2, 0) is 4.74 Å². The molecular formula is C9H9F3O2. The molecule has 0 aromatic heterocycles. The molecule has 0 aliphatic carbocycles. The molecule has 1 N–H and O–H groups in total. The van der Waals surface area contributed by atoms with Crippen molar-refractivity contribution >= 4 is 0 Å². The highest BCUT2D eigenvalue weighted by molar-refractivity contribution is 5.23. The van der Waals surface area contributed by atoms with Gasteiger partial charge in [-0.15, -0.1) is 0 Å². The molecule has 0 heterocycles. The summed E-state index contributed by atoms with van der Waals surface area (Å²) in [6.45, 7) is -0.251. The number of rotatable bonds is 3. The highest BCUT2D eigenvalue weighted by Gasteiger charge is 2.18. The number of methoxy groups -OCH3 is 1. The Kier molecular flexibility index (Phi) is 3.49. The lowest BCUT2D eigenvalue weighted by Crippen LogP contribution is -2.10. The van der Waals surface area contributed by atoms with E-state index in [9.17, 15) is 18.3 Å². The zero-order chi connectivity index (χ0) is 10.7. The first-order valence-electron chi connectivity index (χ1n) is 3.87. The van der Waals surface area contributed by atoms with E-state index in [1.165, 1.54) is 7.11 Å². The van der Waals surface area contributed by atoms with Crippen molar-refractivity contribution in [1.82, 2.24) is 0 Å². The molecular weight excluding hydrogens is 197 g/mol. The van der Waals surface area contributed by atoms with Crippen molar-refractivity contribution in [2.45, 2.75) is 6.10 Å². The molecule has 1 aromatic carbocycles. The minimum atomic E-state index is -1.43. The monoisotopic (exact) mass is 206 g/mol. The Balaban J connectivity index is 3.07. The Labute approximate surface area is 78.9 Å². The Morgan fingerprint density at radius 2 is 1.79 bits per heavy atom. The van der Waals surface area contributed by atoms with Crippen molar-refractivity contribution in [3.63, 3.8) is 0 Å². The van der Waals surface area contributed by atoms with Crippen molar-refractivity contribution in [1.29, 1.82) is 0 Å². The van der Waals surface area contributed by atoms with E-state index in [4.69, 9.17) is 0 Å². The third-order valence-corrected chi connectivity index (χ3v) is 1.70. The minimum Gasteiger partial charge on any atom is -0.386 e. The van der Waals surface area contributed by atoms with Crippen LogP contribution in [0, 0.1) is 17.5 Å². The first-order chi connectivity index (χ1) is 6.56. The summed E-state index contributed by atoms with van der Waals surface area (Å²) in [5.41, 5.74) is -0.576. The van der Waals surface area contributed by atoms with Crippen LogP contribution in [0.25, 0.3) is 0 Å². The standard InChI is InChI=1S/C9H9F3O2/c1-14-4-8(13)9-6(11)2-5(10)3-7(9)12/h2-3,8,13H,4H2,1H3. The summed E-state index contributed by atoms with van der Waals surface area (Å²) < 4.78 is 43.0. The van der Waals surface area contributed by atoms with Gasteiger partial charge in [0.15, 0.2) is 0 Å². The SMILES string of the molecule is COCC(O)c1c(F)cc(F)cc1F. The van der Waals surface area contributed by atoms with E-state index in [0.717, 1.165) is 0 Å². The maximum Gasteiger partial charge on any atom is 0.134 e. The predicted molar refractivity (Wildman–Crippen MR) is 43.2 cm³/mol. The highest BCUT2D eigenvalue weighted by atomic mass is 19.1. The number of benzene rings is 1. The Morgan fingerprint density at radius 1 is 1.29 bits per heavy atom. The van der Waals surface area contributed by atoms with Gasteiger partial charge in [-0.1, -0.05) is 0 Å². The van der Waals surface area contributed by atoms with Gasteiger partial charge in [-0.3, -0.25) is 0 Å². The predicted octanol–water partition coefficient (Wildman–Crippen LogP) is 1.78. The number of ether oxygens (including phenoxy) is 1. The minimum absolute atomic E-state index is 0.251. The lowest BCUT2D eigenvalue weighted by Gasteiger charge is -2.11. The van der Waals surface area contributed by atoms with Crippen molar-refractivity contribution in [2.24, 2.45) is 0 Å². The van der Waals surface area contributed by atoms with E-state index >= 15 is 0 Å². The van der Waals surface area contributed by atoms with Gasteiger partial charge in [0.05, 0.1) is 12.2 Å². The number of hydrogen-bond acceptors (Lipinski definition) is 2. The number of aliphatic hydroxyl groups excluding tert-OH is 1. The molecule has 0 bridgehead atoms. The quantitative estimate of drug-likeness (QED) is 0.816. The molecule has 1 rings (SSSR count). The van der Waals surface area contributed by atoms with Gasteiger partial charge in [-0.05, 0) is 0 Å². The van der Waals surface area contributed by atoms with Crippen LogP contribution in [-0.4, -0.2) is 18.8 Å². The molecule has 0 fully saturated rings. The molecule has 2 nitrogen and oxygen atoms in total. The third-order valence-electron chi connectivity index (χ3n) is 1.70. The largest absolute Gasteiger partial charge is 0.386 e. The van der Waals surface area contributed by atoms with Crippen molar-refractivity contribution < 1.29 is 23.0 Å². The first kappa shape index (κ1) is 11.0. The normalized spacial score (nSPS) is 12.9. The maximum atomic E-state index is 13.0. The van der Waals surface area contributed by atoms with Crippen LogP contribution in [0.4, 0.5) is 13.2 Å². The van der Waals surface area contributed by atoms with Crippen LogP contribution in [0.2, 0.25) is 0 Å². The molecule has 0 aliphatic rings. The van der Waals surface area contributed by atoms with Crippen LogP contribution in [0.1, 0.15) is 11.7 Å². The zero-order valence-corrected chi connectivity index (χ0v) is 7.43. The summed E-state index contributed by atoms with van der Waals surface area (Å²) in [6.07, 6.45) is -1.43. The smallest absolute Gasteiger partial charge is 0.134 e. The number of aliphatic hydroxyl groups is 1.